The van der Waals surface area contributed by atoms with Crippen molar-refractivity contribution in [1.82, 2.24) is 4.90 Å². The molecular formula is C26H27FN2O4. The molecule has 172 valence electrons. The van der Waals surface area contributed by atoms with Crippen LogP contribution in [0, 0.1) is 12.7 Å². The van der Waals surface area contributed by atoms with Gasteiger partial charge in [0.1, 0.15) is 5.82 Å². The van der Waals surface area contributed by atoms with Crippen molar-refractivity contribution >= 4 is 28.5 Å². The standard InChI is InChI=1S/C26H27FN2O4/c1-17-20(15-24(30)31)14-19-8-9-21(27)16-23(19)25(17)18-10-12-28(13-11-18)26(32)29(33-2)22-6-4-3-5-7-22/h3-9,14,16,18H,10-13,15H2,1-2H3,(H,30,31). The number of likely N-dealkylation sites (tertiary alicyclic amines) is 1. The van der Waals surface area contributed by atoms with Crippen LogP contribution in [-0.2, 0) is 16.1 Å². The number of carboxylic acids is 1. The van der Waals surface area contributed by atoms with Crippen molar-refractivity contribution < 1.29 is 23.9 Å². The van der Waals surface area contributed by atoms with Gasteiger partial charge in [0, 0.05) is 13.1 Å². The smallest absolute Gasteiger partial charge is 0.348 e. The summed E-state index contributed by atoms with van der Waals surface area (Å²) >= 11 is 0. The zero-order chi connectivity index (χ0) is 23.5. The lowest BCUT2D eigenvalue weighted by atomic mass is 9.81. The number of anilines is 1. The number of carboxylic acid groups (broad SMARTS) is 1. The van der Waals surface area contributed by atoms with Crippen molar-refractivity contribution in [3.05, 3.63) is 77.1 Å². The van der Waals surface area contributed by atoms with E-state index in [-0.39, 0.29) is 24.2 Å². The van der Waals surface area contributed by atoms with Gasteiger partial charge >= 0.3 is 12.0 Å². The molecular weight excluding hydrogens is 423 g/mol. The number of halogens is 1. The van der Waals surface area contributed by atoms with E-state index in [4.69, 9.17) is 4.84 Å². The maximum atomic E-state index is 14.1. The Morgan fingerprint density at radius 1 is 1.12 bits per heavy atom. The fraction of sp³-hybridized carbons (Fsp3) is 0.308. The number of urea groups is 1. The van der Waals surface area contributed by atoms with E-state index in [0.717, 1.165) is 27.5 Å². The minimum atomic E-state index is -0.897. The summed E-state index contributed by atoms with van der Waals surface area (Å²) in [5, 5.41) is 12.3. The molecule has 0 saturated carbocycles. The maximum Gasteiger partial charge on any atom is 0.348 e. The average molecular weight is 451 g/mol. The lowest BCUT2D eigenvalue weighted by Gasteiger charge is -2.36. The van der Waals surface area contributed by atoms with Gasteiger partial charge in [-0.1, -0.05) is 30.3 Å². The first-order valence-corrected chi connectivity index (χ1v) is 11.0. The number of hydrogen-bond acceptors (Lipinski definition) is 3. The first-order chi connectivity index (χ1) is 15.9. The molecule has 0 aromatic heterocycles. The maximum absolute atomic E-state index is 14.1. The summed E-state index contributed by atoms with van der Waals surface area (Å²) in [5.41, 5.74) is 3.28. The third-order valence-corrected chi connectivity index (χ3v) is 6.38. The second-order valence-corrected chi connectivity index (χ2v) is 8.37. The van der Waals surface area contributed by atoms with Gasteiger partial charge < -0.3 is 10.0 Å². The fourth-order valence-electron chi connectivity index (χ4n) is 4.78. The third kappa shape index (κ3) is 4.68. The number of amides is 2. The molecule has 7 heteroatoms. The van der Waals surface area contributed by atoms with E-state index in [2.05, 4.69) is 0 Å². The molecule has 0 bridgehead atoms. The molecule has 1 aliphatic heterocycles. The van der Waals surface area contributed by atoms with Gasteiger partial charge in [-0.15, -0.1) is 0 Å². The Bertz CT molecular complexity index is 1170. The van der Waals surface area contributed by atoms with Crippen LogP contribution in [-0.4, -0.2) is 42.2 Å². The van der Waals surface area contributed by atoms with Crippen molar-refractivity contribution in [2.45, 2.75) is 32.1 Å². The Morgan fingerprint density at radius 3 is 2.45 bits per heavy atom. The van der Waals surface area contributed by atoms with Gasteiger partial charge in [0.2, 0.25) is 0 Å². The Hall–Kier alpha value is -3.45. The first-order valence-electron chi connectivity index (χ1n) is 11.0. The van der Waals surface area contributed by atoms with E-state index < -0.39 is 5.97 Å². The molecule has 1 fully saturated rings. The normalized spacial score (nSPS) is 14.5. The molecule has 2 amide bonds. The van der Waals surface area contributed by atoms with Gasteiger partial charge in [-0.3, -0.25) is 9.63 Å². The summed E-state index contributed by atoms with van der Waals surface area (Å²) < 4.78 is 14.1. The molecule has 33 heavy (non-hydrogen) atoms. The van der Waals surface area contributed by atoms with E-state index in [0.29, 0.717) is 31.6 Å². The van der Waals surface area contributed by atoms with Gasteiger partial charge in [0.15, 0.2) is 0 Å². The van der Waals surface area contributed by atoms with Gasteiger partial charge in [-0.2, -0.15) is 5.06 Å². The number of aliphatic carboxylic acids is 1. The summed E-state index contributed by atoms with van der Waals surface area (Å²) in [5.74, 6) is -1.12. The molecule has 0 aliphatic carbocycles. The van der Waals surface area contributed by atoms with E-state index >= 15 is 0 Å². The van der Waals surface area contributed by atoms with Crippen LogP contribution in [0.5, 0.6) is 0 Å². The van der Waals surface area contributed by atoms with Crippen LogP contribution in [0.3, 0.4) is 0 Å². The largest absolute Gasteiger partial charge is 0.481 e. The van der Waals surface area contributed by atoms with Crippen molar-refractivity contribution in [3.63, 3.8) is 0 Å². The number of nitrogens with zero attached hydrogens (tertiary/aromatic N) is 2. The molecule has 4 rings (SSSR count). The predicted octanol–water partition coefficient (Wildman–Crippen LogP) is 5.28. The number of benzene rings is 3. The van der Waals surface area contributed by atoms with Crippen molar-refractivity contribution in [2.75, 3.05) is 25.3 Å². The molecule has 0 atom stereocenters. The highest BCUT2D eigenvalue weighted by Crippen LogP contribution is 2.38. The summed E-state index contributed by atoms with van der Waals surface area (Å²) in [4.78, 5) is 31.6. The lowest BCUT2D eigenvalue weighted by Crippen LogP contribution is -2.46. The average Bonchev–Trinajstić information content (AvgIpc) is 2.81. The van der Waals surface area contributed by atoms with Crippen LogP contribution >= 0.6 is 0 Å². The van der Waals surface area contributed by atoms with Crippen LogP contribution in [0.4, 0.5) is 14.9 Å². The van der Waals surface area contributed by atoms with Gasteiger partial charge in [-0.25, -0.2) is 9.18 Å². The van der Waals surface area contributed by atoms with Crippen LogP contribution in [0.15, 0.2) is 54.6 Å². The minimum absolute atomic E-state index is 0.0800. The monoisotopic (exact) mass is 450 g/mol. The Labute approximate surface area is 192 Å². The van der Waals surface area contributed by atoms with Crippen LogP contribution in [0.1, 0.15) is 35.4 Å². The molecule has 0 spiro atoms. The quantitative estimate of drug-likeness (QED) is 0.537. The second-order valence-electron chi connectivity index (χ2n) is 8.37. The Balaban J connectivity index is 1.60. The van der Waals surface area contributed by atoms with Crippen molar-refractivity contribution in [1.29, 1.82) is 0 Å². The van der Waals surface area contributed by atoms with E-state index in [9.17, 15) is 19.1 Å². The van der Waals surface area contributed by atoms with Crippen LogP contribution < -0.4 is 5.06 Å². The number of hydroxylamine groups is 1. The second kappa shape index (κ2) is 9.58. The summed E-state index contributed by atoms with van der Waals surface area (Å²) in [6, 6.07) is 15.4. The van der Waals surface area contributed by atoms with E-state index in [1.54, 1.807) is 11.0 Å². The molecule has 1 N–H and O–H groups in total. The predicted molar refractivity (Wildman–Crippen MR) is 125 cm³/mol. The zero-order valence-corrected chi connectivity index (χ0v) is 18.8. The van der Waals surface area contributed by atoms with Crippen molar-refractivity contribution in [2.24, 2.45) is 0 Å². The molecule has 1 heterocycles. The summed E-state index contributed by atoms with van der Waals surface area (Å²) in [6.45, 7) is 2.96. The topological polar surface area (TPSA) is 70.1 Å². The number of hydrogen-bond donors (Lipinski definition) is 1. The minimum Gasteiger partial charge on any atom is -0.481 e. The lowest BCUT2D eigenvalue weighted by molar-refractivity contribution is -0.136. The van der Waals surface area contributed by atoms with Gasteiger partial charge in [0.05, 0.1) is 19.2 Å². The SMILES string of the molecule is CON(C(=O)N1CCC(c2c(C)c(CC(=O)O)cc3ccc(F)cc23)CC1)c1ccccc1. The molecule has 1 saturated heterocycles. The van der Waals surface area contributed by atoms with Gasteiger partial charge in [-0.05, 0) is 77.4 Å². The Kier molecular flexibility index (Phi) is 6.60. The number of piperidine rings is 1. The third-order valence-electron chi connectivity index (χ3n) is 6.38. The van der Waals surface area contributed by atoms with E-state index in [1.165, 1.54) is 24.3 Å². The number of rotatable bonds is 5. The molecule has 6 nitrogen and oxygen atoms in total. The van der Waals surface area contributed by atoms with E-state index in [1.807, 2.05) is 43.3 Å². The molecule has 0 radical (unpaired) electrons. The van der Waals surface area contributed by atoms with Crippen LogP contribution in [0.2, 0.25) is 0 Å². The Morgan fingerprint density at radius 2 is 1.82 bits per heavy atom. The molecule has 3 aromatic carbocycles. The number of carbonyl (C=O) groups is 2. The molecule has 3 aromatic rings. The number of fused-ring (bicyclic) bond motifs is 1. The van der Waals surface area contributed by atoms with Gasteiger partial charge in [0.25, 0.3) is 0 Å². The number of para-hydroxylation sites is 1. The molecule has 0 unspecified atom stereocenters. The highest BCUT2D eigenvalue weighted by Gasteiger charge is 2.30. The van der Waals surface area contributed by atoms with Crippen LogP contribution in [0.25, 0.3) is 10.8 Å². The summed E-state index contributed by atoms with van der Waals surface area (Å²) in [7, 11) is 1.47. The highest BCUT2D eigenvalue weighted by atomic mass is 19.1. The zero-order valence-electron chi connectivity index (χ0n) is 18.8. The summed E-state index contributed by atoms with van der Waals surface area (Å²) in [6.07, 6.45) is 1.31. The fourth-order valence-corrected chi connectivity index (χ4v) is 4.78. The number of carbonyl (C=O) groups excluding carboxylic acids is 1. The highest BCUT2D eigenvalue weighted by molar-refractivity contribution is 5.91. The van der Waals surface area contributed by atoms with Crippen molar-refractivity contribution in [3.8, 4) is 0 Å². The molecule has 1 aliphatic rings. The first kappa shape index (κ1) is 22.7.